The number of anilines is 1. The number of hydrogen-bond donors (Lipinski definition) is 0. The van der Waals surface area contributed by atoms with Crippen molar-refractivity contribution in [3.63, 3.8) is 0 Å². The fourth-order valence-electron chi connectivity index (χ4n) is 3.91. The van der Waals surface area contributed by atoms with E-state index in [-0.39, 0.29) is 5.82 Å². The molecular weight excluding hydrogens is 351 g/mol. The number of aryl methyl sites for hydroxylation is 2. The minimum absolute atomic E-state index is 0.201. The van der Waals surface area contributed by atoms with Crippen LogP contribution in [-0.4, -0.2) is 28.0 Å². The first kappa shape index (κ1) is 18.5. The van der Waals surface area contributed by atoms with E-state index in [0.29, 0.717) is 5.92 Å². The Labute approximate surface area is 165 Å². The Morgan fingerprint density at radius 2 is 1.82 bits per heavy atom. The molecule has 0 bridgehead atoms. The summed E-state index contributed by atoms with van der Waals surface area (Å²) in [6.45, 7) is 5.91. The van der Waals surface area contributed by atoms with Crippen molar-refractivity contribution in [3.8, 4) is 0 Å². The molecule has 3 aromatic rings. The highest BCUT2D eigenvalue weighted by molar-refractivity contribution is 5.41. The molecular formula is C23H25FN4. The Bertz CT molecular complexity index is 918. The maximum Gasteiger partial charge on any atom is 0.132 e. The lowest BCUT2D eigenvalue weighted by atomic mass is 9.93. The molecule has 3 heterocycles. The van der Waals surface area contributed by atoms with Gasteiger partial charge in [-0.3, -0.25) is 4.98 Å². The topological polar surface area (TPSA) is 41.9 Å². The van der Waals surface area contributed by atoms with Crippen LogP contribution in [0.5, 0.6) is 0 Å². The molecule has 0 spiro atoms. The number of nitrogens with zero attached hydrogens (tertiary/aromatic N) is 4. The lowest BCUT2D eigenvalue weighted by molar-refractivity contribution is 0.498. The van der Waals surface area contributed by atoms with Crippen LogP contribution in [0.2, 0.25) is 0 Å². The maximum atomic E-state index is 13.1. The normalized spacial score (nSPS) is 17.0. The van der Waals surface area contributed by atoms with Gasteiger partial charge in [0, 0.05) is 42.7 Å². The number of hydrogen-bond acceptors (Lipinski definition) is 4. The van der Waals surface area contributed by atoms with Gasteiger partial charge in [-0.2, -0.15) is 0 Å². The van der Waals surface area contributed by atoms with E-state index in [0.717, 1.165) is 66.5 Å². The van der Waals surface area contributed by atoms with Crippen LogP contribution in [0, 0.1) is 19.7 Å². The fourth-order valence-corrected chi connectivity index (χ4v) is 3.91. The van der Waals surface area contributed by atoms with Crippen LogP contribution >= 0.6 is 0 Å². The second kappa shape index (κ2) is 8.05. The summed E-state index contributed by atoms with van der Waals surface area (Å²) in [5, 5.41) is 0. The Morgan fingerprint density at radius 1 is 1.04 bits per heavy atom. The van der Waals surface area contributed by atoms with E-state index in [9.17, 15) is 4.39 Å². The van der Waals surface area contributed by atoms with E-state index < -0.39 is 0 Å². The smallest absolute Gasteiger partial charge is 0.132 e. The highest BCUT2D eigenvalue weighted by atomic mass is 19.1. The van der Waals surface area contributed by atoms with Crippen molar-refractivity contribution in [1.82, 2.24) is 15.0 Å². The second-order valence-corrected chi connectivity index (χ2v) is 7.59. The second-order valence-electron chi connectivity index (χ2n) is 7.59. The van der Waals surface area contributed by atoms with Gasteiger partial charge in [0.15, 0.2) is 0 Å². The van der Waals surface area contributed by atoms with Gasteiger partial charge in [-0.1, -0.05) is 18.2 Å². The first-order chi connectivity index (χ1) is 13.6. The molecule has 1 saturated heterocycles. The Morgan fingerprint density at radius 3 is 2.54 bits per heavy atom. The van der Waals surface area contributed by atoms with Crippen LogP contribution in [-0.2, 0) is 6.42 Å². The Kier molecular flexibility index (Phi) is 5.33. The van der Waals surface area contributed by atoms with Gasteiger partial charge in [-0.15, -0.1) is 0 Å². The molecule has 4 nitrogen and oxygen atoms in total. The summed E-state index contributed by atoms with van der Waals surface area (Å²) in [7, 11) is 0. The molecule has 0 aliphatic carbocycles. The summed E-state index contributed by atoms with van der Waals surface area (Å²) in [5.41, 5.74) is 4.38. The van der Waals surface area contributed by atoms with Gasteiger partial charge in [-0.05, 0) is 62.4 Å². The third-order valence-corrected chi connectivity index (χ3v) is 5.29. The molecule has 1 aliphatic heterocycles. The number of halogens is 1. The monoisotopic (exact) mass is 376 g/mol. The molecule has 4 rings (SSSR count). The van der Waals surface area contributed by atoms with E-state index in [1.54, 1.807) is 0 Å². The number of pyridine rings is 1. The molecule has 1 aromatic carbocycles. The van der Waals surface area contributed by atoms with Crippen molar-refractivity contribution in [2.24, 2.45) is 0 Å². The molecule has 1 fully saturated rings. The van der Waals surface area contributed by atoms with Crippen LogP contribution < -0.4 is 4.90 Å². The molecule has 5 heteroatoms. The fraction of sp³-hybridized carbons (Fsp3) is 0.348. The van der Waals surface area contributed by atoms with Crippen molar-refractivity contribution in [1.29, 1.82) is 0 Å². The quantitative estimate of drug-likeness (QED) is 0.667. The average molecular weight is 376 g/mol. The van der Waals surface area contributed by atoms with Crippen LogP contribution in [0.3, 0.4) is 0 Å². The minimum atomic E-state index is -0.201. The number of benzene rings is 1. The highest BCUT2D eigenvalue weighted by Crippen LogP contribution is 2.28. The zero-order valence-electron chi connectivity index (χ0n) is 16.4. The van der Waals surface area contributed by atoms with Crippen LogP contribution in [0.1, 0.15) is 47.1 Å². The van der Waals surface area contributed by atoms with E-state index in [2.05, 4.69) is 33.1 Å². The van der Waals surface area contributed by atoms with Crippen molar-refractivity contribution >= 4 is 5.82 Å². The van der Waals surface area contributed by atoms with Crippen molar-refractivity contribution in [2.75, 3.05) is 18.0 Å². The molecule has 0 radical (unpaired) electrons. The van der Waals surface area contributed by atoms with E-state index in [1.807, 2.05) is 32.2 Å². The number of rotatable bonds is 4. The lowest BCUT2D eigenvalue weighted by Gasteiger charge is -2.33. The number of aromatic nitrogens is 3. The van der Waals surface area contributed by atoms with Gasteiger partial charge in [-0.25, -0.2) is 14.4 Å². The zero-order valence-corrected chi connectivity index (χ0v) is 16.4. The molecule has 1 atom stereocenters. The largest absolute Gasteiger partial charge is 0.356 e. The predicted molar refractivity (Wildman–Crippen MR) is 109 cm³/mol. The maximum absolute atomic E-state index is 13.1. The van der Waals surface area contributed by atoms with Gasteiger partial charge in [0.05, 0.1) is 0 Å². The van der Waals surface area contributed by atoms with Gasteiger partial charge in [0.1, 0.15) is 17.5 Å². The average Bonchev–Trinajstić information content (AvgIpc) is 2.70. The summed E-state index contributed by atoms with van der Waals surface area (Å²) in [6, 6.07) is 13.0. The van der Waals surface area contributed by atoms with Crippen LogP contribution in [0.25, 0.3) is 0 Å². The molecule has 2 aromatic heterocycles. The lowest BCUT2D eigenvalue weighted by Crippen LogP contribution is -2.35. The summed E-state index contributed by atoms with van der Waals surface area (Å²) < 4.78 is 13.1. The summed E-state index contributed by atoms with van der Waals surface area (Å²) >= 11 is 0. The SMILES string of the molecule is Cc1cc(N2CCCC(c3ccc(Cc4ccc(F)cc4)cn3)C2)nc(C)n1. The third-order valence-electron chi connectivity index (χ3n) is 5.29. The Hall–Kier alpha value is -2.82. The van der Waals surface area contributed by atoms with Crippen molar-refractivity contribution < 1.29 is 4.39 Å². The molecule has 0 N–H and O–H groups in total. The standard InChI is InChI=1S/C23H25FN4/c1-16-12-23(27-17(2)26-16)28-11-3-4-20(15-28)22-10-7-19(14-25-22)13-18-5-8-21(24)9-6-18/h5-10,12,14,20H,3-4,11,13,15H2,1-2H3. The molecule has 144 valence electrons. The van der Waals surface area contributed by atoms with Gasteiger partial charge < -0.3 is 4.90 Å². The number of piperidine rings is 1. The molecule has 1 aliphatic rings. The summed E-state index contributed by atoms with van der Waals surface area (Å²) in [6.07, 6.45) is 5.00. The first-order valence-corrected chi connectivity index (χ1v) is 9.83. The molecule has 28 heavy (non-hydrogen) atoms. The van der Waals surface area contributed by atoms with Gasteiger partial charge in [0.2, 0.25) is 0 Å². The van der Waals surface area contributed by atoms with E-state index in [4.69, 9.17) is 4.98 Å². The highest BCUT2D eigenvalue weighted by Gasteiger charge is 2.23. The summed E-state index contributed by atoms with van der Waals surface area (Å²) in [4.78, 5) is 16.1. The molecule has 1 unspecified atom stereocenters. The van der Waals surface area contributed by atoms with E-state index in [1.165, 1.54) is 12.1 Å². The van der Waals surface area contributed by atoms with Crippen LogP contribution in [0.15, 0.2) is 48.7 Å². The Balaban J connectivity index is 1.45. The van der Waals surface area contributed by atoms with Gasteiger partial charge >= 0.3 is 0 Å². The van der Waals surface area contributed by atoms with Crippen LogP contribution in [0.4, 0.5) is 10.2 Å². The zero-order chi connectivity index (χ0) is 19.5. The minimum Gasteiger partial charge on any atom is -0.356 e. The van der Waals surface area contributed by atoms with Crippen molar-refractivity contribution in [3.05, 3.63) is 82.8 Å². The summed E-state index contributed by atoms with van der Waals surface area (Å²) in [5.74, 6) is 2.04. The van der Waals surface area contributed by atoms with E-state index >= 15 is 0 Å². The third kappa shape index (κ3) is 4.35. The molecule has 0 amide bonds. The predicted octanol–water partition coefficient (Wildman–Crippen LogP) is 4.60. The van der Waals surface area contributed by atoms with Crippen molar-refractivity contribution in [2.45, 2.75) is 39.0 Å². The molecule has 0 saturated carbocycles. The first-order valence-electron chi connectivity index (χ1n) is 9.83. The van der Waals surface area contributed by atoms with Gasteiger partial charge in [0.25, 0.3) is 0 Å².